The fourth-order valence-electron chi connectivity index (χ4n) is 2.84. The number of hydrazone groups is 1. The van der Waals surface area contributed by atoms with Crippen molar-refractivity contribution in [2.45, 2.75) is 26.3 Å². The fourth-order valence-corrected chi connectivity index (χ4v) is 2.84. The molecule has 0 unspecified atom stereocenters. The molecule has 0 aliphatic carbocycles. The van der Waals surface area contributed by atoms with Crippen LogP contribution in [0.15, 0.2) is 53.6 Å². The summed E-state index contributed by atoms with van der Waals surface area (Å²) in [6, 6.07) is 13.7. The van der Waals surface area contributed by atoms with Gasteiger partial charge in [-0.25, -0.2) is 9.40 Å². The standard InChI is InChI=1S/C20H20FN3O2/c1-14-6-5-8-16(12-14)24-19(25)11-10-18(22-24)20(26)23(2)13-15-7-3-4-9-17(15)21/h3-9,12H,10-11,13H2,1-2H3. The lowest BCUT2D eigenvalue weighted by Crippen LogP contribution is -2.39. The average Bonchev–Trinajstić information content (AvgIpc) is 2.63. The molecule has 0 atom stereocenters. The van der Waals surface area contributed by atoms with Crippen LogP contribution < -0.4 is 5.01 Å². The number of carbonyl (C=O) groups excluding carboxylic acids is 2. The van der Waals surface area contributed by atoms with Gasteiger partial charge in [0.05, 0.1) is 5.69 Å². The normalized spacial score (nSPS) is 14.2. The maximum Gasteiger partial charge on any atom is 0.270 e. The van der Waals surface area contributed by atoms with E-state index in [4.69, 9.17) is 0 Å². The van der Waals surface area contributed by atoms with E-state index < -0.39 is 0 Å². The number of anilines is 1. The summed E-state index contributed by atoms with van der Waals surface area (Å²) in [6.45, 7) is 2.07. The van der Waals surface area contributed by atoms with Crippen molar-refractivity contribution in [2.75, 3.05) is 12.1 Å². The summed E-state index contributed by atoms with van der Waals surface area (Å²) < 4.78 is 13.8. The molecule has 1 heterocycles. The van der Waals surface area contributed by atoms with Gasteiger partial charge in [0.25, 0.3) is 5.91 Å². The van der Waals surface area contributed by atoms with Gasteiger partial charge in [0.15, 0.2) is 0 Å². The molecule has 26 heavy (non-hydrogen) atoms. The molecule has 1 aliphatic rings. The Labute approximate surface area is 151 Å². The molecule has 5 nitrogen and oxygen atoms in total. The SMILES string of the molecule is Cc1cccc(N2N=C(C(=O)N(C)Cc3ccccc3F)CCC2=O)c1. The molecule has 0 aromatic heterocycles. The van der Waals surface area contributed by atoms with Gasteiger partial charge in [-0.2, -0.15) is 5.10 Å². The second-order valence-electron chi connectivity index (χ2n) is 6.34. The summed E-state index contributed by atoms with van der Waals surface area (Å²) in [6.07, 6.45) is 0.494. The highest BCUT2D eigenvalue weighted by Gasteiger charge is 2.27. The van der Waals surface area contributed by atoms with Crippen molar-refractivity contribution in [3.05, 3.63) is 65.5 Å². The van der Waals surface area contributed by atoms with Crippen molar-refractivity contribution in [3.8, 4) is 0 Å². The molecule has 2 aromatic rings. The molecule has 2 aromatic carbocycles. The molecule has 0 saturated carbocycles. The first-order valence-corrected chi connectivity index (χ1v) is 8.41. The number of benzene rings is 2. The number of rotatable bonds is 4. The molecule has 1 aliphatic heterocycles. The largest absolute Gasteiger partial charge is 0.336 e. The maximum atomic E-state index is 13.8. The van der Waals surface area contributed by atoms with Gasteiger partial charge in [-0.1, -0.05) is 30.3 Å². The number of halogens is 1. The average molecular weight is 353 g/mol. The third kappa shape index (κ3) is 3.79. The van der Waals surface area contributed by atoms with Crippen molar-refractivity contribution in [1.29, 1.82) is 0 Å². The van der Waals surface area contributed by atoms with Gasteiger partial charge in [0.2, 0.25) is 5.91 Å². The van der Waals surface area contributed by atoms with Crippen molar-refractivity contribution in [3.63, 3.8) is 0 Å². The molecule has 0 saturated heterocycles. The molecular weight excluding hydrogens is 333 g/mol. The monoisotopic (exact) mass is 353 g/mol. The maximum absolute atomic E-state index is 13.8. The number of carbonyl (C=O) groups is 2. The quantitative estimate of drug-likeness (QED) is 0.847. The lowest BCUT2D eigenvalue weighted by Gasteiger charge is -2.25. The molecule has 0 radical (unpaired) electrons. The summed E-state index contributed by atoms with van der Waals surface area (Å²) >= 11 is 0. The zero-order valence-corrected chi connectivity index (χ0v) is 14.8. The summed E-state index contributed by atoms with van der Waals surface area (Å²) in [4.78, 5) is 26.3. The molecule has 0 spiro atoms. The van der Waals surface area contributed by atoms with Gasteiger partial charge in [-0.15, -0.1) is 0 Å². The van der Waals surface area contributed by atoms with Crippen LogP contribution in [0, 0.1) is 12.7 Å². The number of hydrogen-bond acceptors (Lipinski definition) is 3. The van der Waals surface area contributed by atoms with Crippen LogP contribution in [-0.2, 0) is 16.1 Å². The lowest BCUT2D eigenvalue weighted by atomic mass is 10.1. The van der Waals surface area contributed by atoms with E-state index in [2.05, 4.69) is 5.10 Å². The highest BCUT2D eigenvalue weighted by atomic mass is 19.1. The number of hydrogen-bond donors (Lipinski definition) is 0. The molecule has 0 N–H and O–H groups in total. The van der Waals surface area contributed by atoms with E-state index in [-0.39, 0.29) is 37.0 Å². The summed E-state index contributed by atoms with van der Waals surface area (Å²) in [5, 5.41) is 5.55. The van der Waals surface area contributed by atoms with E-state index in [0.29, 0.717) is 17.0 Å². The first-order valence-electron chi connectivity index (χ1n) is 8.41. The first-order chi connectivity index (χ1) is 12.5. The van der Waals surface area contributed by atoms with Crippen LogP contribution in [0.2, 0.25) is 0 Å². The predicted molar refractivity (Wildman–Crippen MR) is 98.2 cm³/mol. The highest BCUT2D eigenvalue weighted by Crippen LogP contribution is 2.22. The Hall–Kier alpha value is -3.02. The number of aryl methyl sites for hydroxylation is 1. The number of amides is 2. The van der Waals surface area contributed by atoms with Crippen LogP contribution in [0.5, 0.6) is 0 Å². The topological polar surface area (TPSA) is 53.0 Å². The Balaban J connectivity index is 1.81. The van der Waals surface area contributed by atoms with Crippen molar-refractivity contribution in [1.82, 2.24) is 4.90 Å². The van der Waals surface area contributed by atoms with Gasteiger partial charge < -0.3 is 4.90 Å². The van der Waals surface area contributed by atoms with Gasteiger partial charge in [-0.3, -0.25) is 9.59 Å². The molecular formula is C20H20FN3O2. The minimum absolute atomic E-state index is 0.142. The molecule has 3 rings (SSSR count). The van der Waals surface area contributed by atoms with E-state index >= 15 is 0 Å². The summed E-state index contributed by atoms with van der Waals surface area (Å²) in [7, 11) is 1.60. The second-order valence-corrected chi connectivity index (χ2v) is 6.34. The number of nitrogens with zero attached hydrogens (tertiary/aromatic N) is 3. The third-order valence-electron chi connectivity index (χ3n) is 4.24. The second kappa shape index (κ2) is 7.47. The van der Waals surface area contributed by atoms with Gasteiger partial charge in [-0.05, 0) is 30.7 Å². The predicted octanol–water partition coefficient (Wildman–Crippen LogP) is 3.28. The molecule has 2 amide bonds. The Bertz CT molecular complexity index is 879. The van der Waals surface area contributed by atoms with Crippen LogP contribution in [-0.4, -0.2) is 29.5 Å². The van der Waals surface area contributed by atoms with Gasteiger partial charge in [0.1, 0.15) is 11.5 Å². The molecule has 0 fully saturated rings. The summed E-state index contributed by atoms with van der Waals surface area (Å²) in [5.41, 5.74) is 2.37. The van der Waals surface area contributed by atoms with Crippen LogP contribution in [0.25, 0.3) is 0 Å². The van der Waals surface area contributed by atoms with Gasteiger partial charge in [0, 0.05) is 32.0 Å². The zero-order valence-electron chi connectivity index (χ0n) is 14.8. The minimum Gasteiger partial charge on any atom is -0.336 e. The Morgan fingerprint density at radius 2 is 1.96 bits per heavy atom. The van der Waals surface area contributed by atoms with Crippen molar-refractivity contribution >= 4 is 23.2 Å². The molecule has 0 bridgehead atoms. The van der Waals surface area contributed by atoms with E-state index in [1.807, 2.05) is 25.1 Å². The Kier molecular flexibility index (Phi) is 5.11. The van der Waals surface area contributed by atoms with Crippen LogP contribution >= 0.6 is 0 Å². The Morgan fingerprint density at radius 3 is 2.69 bits per heavy atom. The fraction of sp³-hybridized carbons (Fsp3) is 0.250. The smallest absolute Gasteiger partial charge is 0.270 e. The van der Waals surface area contributed by atoms with Gasteiger partial charge >= 0.3 is 0 Å². The van der Waals surface area contributed by atoms with Crippen molar-refractivity contribution in [2.24, 2.45) is 5.10 Å². The lowest BCUT2D eigenvalue weighted by molar-refractivity contribution is -0.123. The third-order valence-corrected chi connectivity index (χ3v) is 4.24. The Morgan fingerprint density at radius 1 is 1.19 bits per heavy atom. The van der Waals surface area contributed by atoms with Crippen molar-refractivity contribution < 1.29 is 14.0 Å². The molecule has 134 valence electrons. The van der Waals surface area contributed by atoms with E-state index in [1.165, 1.54) is 16.0 Å². The molecule has 6 heteroatoms. The van der Waals surface area contributed by atoms with E-state index in [1.54, 1.807) is 31.3 Å². The zero-order chi connectivity index (χ0) is 18.7. The minimum atomic E-state index is -0.353. The highest BCUT2D eigenvalue weighted by molar-refractivity contribution is 6.40. The van der Waals surface area contributed by atoms with Crippen LogP contribution in [0.4, 0.5) is 10.1 Å². The van der Waals surface area contributed by atoms with Crippen LogP contribution in [0.3, 0.4) is 0 Å². The van der Waals surface area contributed by atoms with E-state index in [9.17, 15) is 14.0 Å². The first kappa shape index (κ1) is 17.8. The van der Waals surface area contributed by atoms with Crippen LogP contribution in [0.1, 0.15) is 24.0 Å². The summed E-state index contributed by atoms with van der Waals surface area (Å²) in [5.74, 6) is -0.809. The van der Waals surface area contributed by atoms with E-state index in [0.717, 1.165) is 5.56 Å².